The van der Waals surface area contributed by atoms with Crippen LogP contribution in [0.2, 0.25) is 0 Å². The van der Waals surface area contributed by atoms with Crippen LogP contribution < -0.4 is 0 Å². The summed E-state index contributed by atoms with van der Waals surface area (Å²) in [7, 11) is 1.92. The zero-order valence-corrected chi connectivity index (χ0v) is 10.1. The first-order valence-corrected chi connectivity index (χ1v) is 4.81. The molecule has 0 saturated heterocycles. The topological polar surface area (TPSA) is 27.0 Å². The molecule has 0 aromatic carbocycles. The molecule has 0 aromatic rings. The summed E-state index contributed by atoms with van der Waals surface area (Å²) in [4.78, 5) is 1.95. The smallest absolute Gasteiger partial charge is 0.104 e. The molecule has 0 aliphatic rings. The zero-order chi connectivity index (χ0) is 11.4. The monoisotopic (exact) mass is 192 g/mol. The van der Waals surface area contributed by atoms with Crippen LogP contribution in [0.15, 0.2) is 0 Å². The lowest BCUT2D eigenvalue weighted by atomic mass is 9.98. The summed E-state index contributed by atoms with van der Waals surface area (Å²) < 4.78 is 0. The van der Waals surface area contributed by atoms with Crippen molar-refractivity contribution in [2.75, 3.05) is 13.6 Å². The van der Waals surface area contributed by atoms with Crippen LogP contribution in [-0.2, 0) is 0 Å². The van der Waals surface area contributed by atoms with Crippen LogP contribution >= 0.6 is 0 Å². The fraction of sp³-hybridized carbons (Fsp3) is 0.750. The maximum Gasteiger partial charge on any atom is 0.104 e. The van der Waals surface area contributed by atoms with Gasteiger partial charge in [0.15, 0.2) is 0 Å². The molecular weight excluding hydrogens is 172 g/mol. The van der Waals surface area contributed by atoms with Crippen molar-refractivity contribution in [3.63, 3.8) is 0 Å². The highest BCUT2D eigenvalue weighted by atomic mass is 15.2. The highest BCUT2D eigenvalue weighted by Crippen LogP contribution is 2.11. The highest BCUT2D eigenvalue weighted by Gasteiger charge is 2.21. The Bertz CT molecular complexity index is 278. The molecule has 0 N–H and O–H groups in total. The lowest BCUT2D eigenvalue weighted by Crippen LogP contribution is -2.39. The number of hydrogen-bond acceptors (Lipinski definition) is 2. The minimum atomic E-state index is -0.438. The maximum atomic E-state index is 8.88. The number of rotatable bonds is 2. The Kier molecular flexibility index (Phi) is 4.17. The second-order valence-corrected chi connectivity index (χ2v) is 5.08. The van der Waals surface area contributed by atoms with Gasteiger partial charge in [-0.3, -0.25) is 4.90 Å². The summed E-state index contributed by atoms with van der Waals surface area (Å²) in [5.41, 5.74) is -0.399. The van der Waals surface area contributed by atoms with Crippen LogP contribution in [0.25, 0.3) is 0 Å². The van der Waals surface area contributed by atoms with Gasteiger partial charge >= 0.3 is 0 Å². The lowest BCUT2D eigenvalue weighted by molar-refractivity contribution is 0.238. The van der Waals surface area contributed by atoms with E-state index in [1.165, 1.54) is 0 Å². The van der Waals surface area contributed by atoms with E-state index in [2.05, 4.69) is 38.7 Å². The first-order valence-electron chi connectivity index (χ1n) is 4.81. The van der Waals surface area contributed by atoms with Gasteiger partial charge in [0, 0.05) is 5.41 Å². The molecule has 78 valence electrons. The average molecular weight is 192 g/mol. The summed E-state index contributed by atoms with van der Waals surface area (Å²) >= 11 is 0. The fourth-order valence-electron chi connectivity index (χ4n) is 0.706. The van der Waals surface area contributed by atoms with Crippen LogP contribution in [0.1, 0.15) is 34.6 Å². The summed E-state index contributed by atoms with van der Waals surface area (Å²) in [6.45, 7) is 10.7. The Labute approximate surface area is 87.9 Å². The molecule has 0 radical (unpaired) electrons. The Morgan fingerprint density at radius 3 is 2.00 bits per heavy atom. The summed E-state index contributed by atoms with van der Waals surface area (Å²) in [6.07, 6.45) is 0. The number of nitrogens with zero attached hydrogens (tertiary/aromatic N) is 2. The van der Waals surface area contributed by atoms with Gasteiger partial charge in [-0.25, -0.2) is 0 Å². The fourth-order valence-corrected chi connectivity index (χ4v) is 0.706. The third kappa shape index (κ3) is 4.90. The van der Waals surface area contributed by atoms with Gasteiger partial charge in [-0.15, -0.1) is 0 Å². The van der Waals surface area contributed by atoms with E-state index >= 15 is 0 Å². The molecule has 0 spiro atoms. The molecule has 0 heterocycles. The Hall–Kier alpha value is -0.990. The minimum Gasteiger partial charge on any atom is -0.278 e. The van der Waals surface area contributed by atoms with Crippen LogP contribution in [0.4, 0.5) is 0 Å². The van der Waals surface area contributed by atoms with Crippen LogP contribution in [0.3, 0.4) is 0 Å². The summed E-state index contributed by atoms with van der Waals surface area (Å²) in [5.74, 6) is 6.24. The predicted molar refractivity (Wildman–Crippen MR) is 59.6 cm³/mol. The van der Waals surface area contributed by atoms with Gasteiger partial charge in [-0.1, -0.05) is 11.8 Å². The molecule has 0 bridgehead atoms. The van der Waals surface area contributed by atoms with Crippen molar-refractivity contribution in [1.29, 1.82) is 5.26 Å². The minimum absolute atomic E-state index is 0.0393. The first kappa shape index (κ1) is 13.0. The van der Waals surface area contributed by atoms with Gasteiger partial charge in [-0.2, -0.15) is 5.26 Å². The molecule has 0 aliphatic carbocycles. The van der Waals surface area contributed by atoms with Crippen molar-refractivity contribution in [3.8, 4) is 17.9 Å². The van der Waals surface area contributed by atoms with Crippen molar-refractivity contribution in [2.45, 2.75) is 40.2 Å². The van der Waals surface area contributed by atoms with Crippen LogP contribution in [-0.4, -0.2) is 24.0 Å². The van der Waals surface area contributed by atoms with E-state index in [-0.39, 0.29) is 5.41 Å². The third-order valence-electron chi connectivity index (χ3n) is 2.01. The molecule has 0 rings (SSSR count). The number of hydrogen-bond donors (Lipinski definition) is 0. The van der Waals surface area contributed by atoms with Gasteiger partial charge in [0.2, 0.25) is 0 Å². The standard InChI is InChI=1S/C12H20N2/c1-11(2,3)8-7-9-14(6)12(4,5)10-13/h9H2,1-6H3. The second kappa shape index (κ2) is 4.49. The maximum absolute atomic E-state index is 8.88. The lowest BCUT2D eigenvalue weighted by Gasteiger charge is -2.26. The van der Waals surface area contributed by atoms with Gasteiger partial charge in [0.1, 0.15) is 5.54 Å². The average Bonchev–Trinajstić information content (AvgIpc) is 2.02. The van der Waals surface area contributed by atoms with Gasteiger partial charge in [-0.05, 0) is 41.7 Å². The van der Waals surface area contributed by atoms with E-state index in [1.54, 1.807) is 0 Å². The molecule has 14 heavy (non-hydrogen) atoms. The van der Waals surface area contributed by atoms with Crippen molar-refractivity contribution >= 4 is 0 Å². The van der Waals surface area contributed by atoms with E-state index in [4.69, 9.17) is 5.26 Å². The molecule has 0 unspecified atom stereocenters. The first-order chi connectivity index (χ1) is 6.19. The summed E-state index contributed by atoms with van der Waals surface area (Å²) in [5, 5.41) is 8.88. The Balaban J connectivity index is 4.29. The zero-order valence-electron chi connectivity index (χ0n) is 10.1. The van der Waals surface area contributed by atoms with Gasteiger partial charge in [0.25, 0.3) is 0 Å². The van der Waals surface area contributed by atoms with Crippen LogP contribution in [0, 0.1) is 28.6 Å². The largest absolute Gasteiger partial charge is 0.278 e. The highest BCUT2D eigenvalue weighted by molar-refractivity contribution is 5.11. The van der Waals surface area contributed by atoms with Crippen molar-refractivity contribution in [1.82, 2.24) is 4.90 Å². The van der Waals surface area contributed by atoms with Gasteiger partial charge in [0.05, 0.1) is 12.6 Å². The van der Waals surface area contributed by atoms with Crippen molar-refractivity contribution < 1.29 is 0 Å². The molecule has 0 fully saturated rings. The quantitative estimate of drug-likeness (QED) is 0.628. The molecule has 0 aliphatic heterocycles. The van der Waals surface area contributed by atoms with Crippen LogP contribution in [0.5, 0.6) is 0 Å². The molecule has 0 saturated carbocycles. The Morgan fingerprint density at radius 2 is 1.64 bits per heavy atom. The van der Waals surface area contributed by atoms with E-state index in [1.807, 2.05) is 25.8 Å². The summed E-state index contributed by atoms with van der Waals surface area (Å²) in [6, 6.07) is 2.25. The third-order valence-corrected chi connectivity index (χ3v) is 2.01. The van der Waals surface area contributed by atoms with Gasteiger partial charge < -0.3 is 0 Å². The SMILES string of the molecule is CN(CC#CC(C)(C)C)C(C)(C)C#N. The Morgan fingerprint density at radius 1 is 1.14 bits per heavy atom. The van der Waals surface area contributed by atoms with E-state index in [0.717, 1.165) is 0 Å². The van der Waals surface area contributed by atoms with Crippen molar-refractivity contribution in [2.24, 2.45) is 5.41 Å². The second-order valence-electron chi connectivity index (χ2n) is 5.08. The predicted octanol–water partition coefficient (Wildman–Crippen LogP) is 2.27. The molecule has 2 heteroatoms. The van der Waals surface area contributed by atoms with E-state index in [9.17, 15) is 0 Å². The molecular formula is C12H20N2. The van der Waals surface area contributed by atoms with E-state index in [0.29, 0.717) is 6.54 Å². The molecule has 0 aromatic heterocycles. The molecule has 0 atom stereocenters. The number of nitriles is 1. The normalized spacial score (nSPS) is 11.9. The van der Waals surface area contributed by atoms with E-state index < -0.39 is 5.54 Å². The molecule has 2 nitrogen and oxygen atoms in total. The molecule has 0 amide bonds. The van der Waals surface area contributed by atoms with Crippen molar-refractivity contribution in [3.05, 3.63) is 0 Å².